The SMILES string of the molecule is Cc1nn(CC(=O)NC(C)C)c(C)c1Br. The fourth-order valence-corrected chi connectivity index (χ4v) is 1.62. The Hall–Kier alpha value is -0.840. The maximum atomic E-state index is 11.5. The number of hydrogen-bond donors (Lipinski definition) is 1. The predicted molar refractivity (Wildman–Crippen MR) is 62.7 cm³/mol. The number of aromatic nitrogens is 2. The monoisotopic (exact) mass is 273 g/mol. The van der Waals surface area contributed by atoms with E-state index in [0.717, 1.165) is 15.9 Å². The summed E-state index contributed by atoms with van der Waals surface area (Å²) in [6, 6.07) is 0.165. The van der Waals surface area contributed by atoms with E-state index in [1.54, 1.807) is 4.68 Å². The molecule has 1 rings (SSSR count). The fourth-order valence-electron chi connectivity index (χ4n) is 1.33. The molecule has 0 fully saturated rings. The van der Waals surface area contributed by atoms with Gasteiger partial charge in [-0.1, -0.05) is 0 Å². The van der Waals surface area contributed by atoms with Gasteiger partial charge in [0, 0.05) is 6.04 Å². The molecule has 0 radical (unpaired) electrons. The quantitative estimate of drug-likeness (QED) is 0.913. The molecule has 4 nitrogen and oxygen atoms in total. The van der Waals surface area contributed by atoms with Crippen molar-refractivity contribution in [2.24, 2.45) is 0 Å². The minimum Gasteiger partial charge on any atom is -0.352 e. The van der Waals surface area contributed by atoms with Crippen LogP contribution < -0.4 is 5.32 Å². The van der Waals surface area contributed by atoms with Crippen LogP contribution >= 0.6 is 15.9 Å². The Morgan fingerprint density at radius 2 is 2.13 bits per heavy atom. The Labute approximate surface area is 98.2 Å². The highest BCUT2D eigenvalue weighted by atomic mass is 79.9. The number of carbonyl (C=O) groups is 1. The lowest BCUT2D eigenvalue weighted by atomic mass is 10.4. The summed E-state index contributed by atoms with van der Waals surface area (Å²) in [6.07, 6.45) is 0. The molecular weight excluding hydrogens is 258 g/mol. The molecule has 0 saturated heterocycles. The molecule has 5 heteroatoms. The highest BCUT2D eigenvalue weighted by Crippen LogP contribution is 2.19. The first kappa shape index (κ1) is 12.2. The van der Waals surface area contributed by atoms with Crippen molar-refractivity contribution in [1.82, 2.24) is 15.1 Å². The molecule has 15 heavy (non-hydrogen) atoms. The third-order valence-corrected chi connectivity index (χ3v) is 3.18. The molecule has 1 N–H and O–H groups in total. The molecular formula is C10H16BrN3O. The molecule has 0 aliphatic carbocycles. The Balaban J connectivity index is 2.73. The van der Waals surface area contributed by atoms with Crippen LogP contribution in [-0.2, 0) is 11.3 Å². The summed E-state index contributed by atoms with van der Waals surface area (Å²) in [5.41, 5.74) is 1.89. The molecule has 0 unspecified atom stereocenters. The fraction of sp³-hybridized carbons (Fsp3) is 0.600. The number of amides is 1. The van der Waals surface area contributed by atoms with Crippen LogP contribution in [0.25, 0.3) is 0 Å². The average Bonchev–Trinajstić information content (AvgIpc) is 2.32. The predicted octanol–water partition coefficient (Wildman–Crippen LogP) is 1.79. The maximum Gasteiger partial charge on any atom is 0.241 e. The van der Waals surface area contributed by atoms with Crippen LogP contribution in [0.1, 0.15) is 25.2 Å². The lowest BCUT2D eigenvalue weighted by molar-refractivity contribution is -0.122. The third kappa shape index (κ3) is 3.06. The van der Waals surface area contributed by atoms with Crippen LogP contribution in [-0.4, -0.2) is 21.7 Å². The normalized spacial score (nSPS) is 10.8. The van der Waals surface area contributed by atoms with Crippen molar-refractivity contribution < 1.29 is 4.79 Å². The lowest BCUT2D eigenvalue weighted by Crippen LogP contribution is -2.33. The molecule has 0 bridgehead atoms. The topological polar surface area (TPSA) is 46.9 Å². The summed E-state index contributed by atoms with van der Waals surface area (Å²) >= 11 is 3.43. The maximum absolute atomic E-state index is 11.5. The molecule has 0 aliphatic heterocycles. The molecule has 1 amide bonds. The van der Waals surface area contributed by atoms with Crippen molar-refractivity contribution >= 4 is 21.8 Å². The summed E-state index contributed by atoms with van der Waals surface area (Å²) in [7, 11) is 0. The number of nitrogens with one attached hydrogen (secondary N) is 1. The standard InChI is InChI=1S/C10H16BrN3O/c1-6(2)12-9(15)5-14-8(4)10(11)7(3)13-14/h6H,5H2,1-4H3,(H,12,15). The molecule has 0 saturated carbocycles. The van der Waals surface area contributed by atoms with Crippen LogP contribution in [0.3, 0.4) is 0 Å². The van der Waals surface area contributed by atoms with Crippen LogP contribution in [0, 0.1) is 13.8 Å². The Kier molecular flexibility index (Phi) is 3.90. The second kappa shape index (κ2) is 4.79. The van der Waals surface area contributed by atoms with Crippen LogP contribution in [0.2, 0.25) is 0 Å². The van der Waals surface area contributed by atoms with Gasteiger partial charge in [-0.05, 0) is 43.6 Å². The van der Waals surface area contributed by atoms with Crippen LogP contribution in [0.4, 0.5) is 0 Å². The van der Waals surface area contributed by atoms with Crippen molar-refractivity contribution in [3.8, 4) is 0 Å². The van der Waals surface area contributed by atoms with Gasteiger partial charge in [-0.3, -0.25) is 9.48 Å². The van der Waals surface area contributed by atoms with E-state index in [0.29, 0.717) is 0 Å². The van der Waals surface area contributed by atoms with Gasteiger partial charge >= 0.3 is 0 Å². The summed E-state index contributed by atoms with van der Waals surface area (Å²) in [5.74, 6) is -0.0110. The van der Waals surface area contributed by atoms with Gasteiger partial charge in [0.1, 0.15) is 6.54 Å². The number of carbonyl (C=O) groups excluding carboxylic acids is 1. The van der Waals surface area contributed by atoms with E-state index in [1.807, 2.05) is 27.7 Å². The molecule has 84 valence electrons. The van der Waals surface area contributed by atoms with Gasteiger partial charge in [0.25, 0.3) is 0 Å². The lowest BCUT2D eigenvalue weighted by Gasteiger charge is -2.09. The van der Waals surface area contributed by atoms with Crippen molar-refractivity contribution in [3.05, 3.63) is 15.9 Å². The molecule has 0 aliphatic rings. The Bertz CT molecular complexity index is 371. The highest BCUT2D eigenvalue weighted by Gasteiger charge is 2.11. The second-order valence-electron chi connectivity index (χ2n) is 3.86. The summed E-state index contributed by atoms with van der Waals surface area (Å²) in [6.45, 7) is 8.00. The zero-order valence-electron chi connectivity index (χ0n) is 9.47. The largest absolute Gasteiger partial charge is 0.352 e. The van der Waals surface area contributed by atoms with E-state index in [9.17, 15) is 4.79 Å². The minimum absolute atomic E-state index is 0.0110. The number of aryl methyl sites for hydroxylation is 1. The van der Waals surface area contributed by atoms with Crippen LogP contribution in [0.15, 0.2) is 4.47 Å². The summed E-state index contributed by atoms with van der Waals surface area (Å²) in [5, 5.41) is 7.10. The minimum atomic E-state index is -0.0110. The van der Waals surface area contributed by atoms with E-state index in [2.05, 4.69) is 26.3 Å². The van der Waals surface area contributed by atoms with E-state index in [-0.39, 0.29) is 18.5 Å². The van der Waals surface area contributed by atoms with Gasteiger partial charge in [0.05, 0.1) is 15.9 Å². The molecule has 1 aromatic heterocycles. The van der Waals surface area contributed by atoms with Gasteiger partial charge in [0.15, 0.2) is 0 Å². The zero-order chi connectivity index (χ0) is 11.6. The number of rotatable bonds is 3. The van der Waals surface area contributed by atoms with E-state index >= 15 is 0 Å². The molecule has 1 heterocycles. The van der Waals surface area contributed by atoms with Gasteiger partial charge < -0.3 is 5.32 Å². The number of nitrogens with zero attached hydrogens (tertiary/aromatic N) is 2. The first-order chi connectivity index (χ1) is 6.91. The van der Waals surface area contributed by atoms with E-state index in [4.69, 9.17) is 0 Å². The van der Waals surface area contributed by atoms with Crippen molar-refractivity contribution in [2.75, 3.05) is 0 Å². The average molecular weight is 274 g/mol. The van der Waals surface area contributed by atoms with Crippen molar-refractivity contribution in [2.45, 2.75) is 40.3 Å². The van der Waals surface area contributed by atoms with Gasteiger partial charge in [-0.2, -0.15) is 5.10 Å². The van der Waals surface area contributed by atoms with E-state index in [1.165, 1.54) is 0 Å². The second-order valence-corrected chi connectivity index (χ2v) is 4.66. The van der Waals surface area contributed by atoms with Crippen molar-refractivity contribution in [3.63, 3.8) is 0 Å². The van der Waals surface area contributed by atoms with Crippen molar-refractivity contribution in [1.29, 1.82) is 0 Å². The number of hydrogen-bond acceptors (Lipinski definition) is 2. The van der Waals surface area contributed by atoms with Gasteiger partial charge in [-0.25, -0.2) is 0 Å². The van der Waals surface area contributed by atoms with Gasteiger partial charge in [0.2, 0.25) is 5.91 Å². The Morgan fingerprint density at radius 3 is 2.53 bits per heavy atom. The van der Waals surface area contributed by atoms with Gasteiger partial charge in [-0.15, -0.1) is 0 Å². The highest BCUT2D eigenvalue weighted by molar-refractivity contribution is 9.10. The molecule has 0 atom stereocenters. The summed E-state index contributed by atoms with van der Waals surface area (Å²) < 4.78 is 2.68. The first-order valence-corrected chi connectivity index (χ1v) is 5.70. The first-order valence-electron chi connectivity index (χ1n) is 4.90. The molecule has 0 spiro atoms. The third-order valence-electron chi connectivity index (χ3n) is 2.04. The smallest absolute Gasteiger partial charge is 0.241 e. The summed E-state index contributed by atoms with van der Waals surface area (Å²) in [4.78, 5) is 11.5. The van der Waals surface area contributed by atoms with Crippen LogP contribution in [0.5, 0.6) is 0 Å². The van der Waals surface area contributed by atoms with E-state index < -0.39 is 0 Å². The zero-order valence-corrected chi connectivity index (χ0v) is 11.1. The molecule has 1 aromatic rings. The molecule has 0 aromatic carbocycles. The number of halogens is 1. The Morgan fingerprint density at radius 1 is 1.53 bits per heavy atom.